The van der Waals surface area contributed by atoms with E-state index in [1.54, 1.807) is 0 Å². The van der Waals surface area contributed by atoms with Crippen LogP contribution in [0.4, 0.5) is 0 Å². The molecule has 23 heavy (non-hydrogen) atoms. The summed E-state index contributed by atoms with van der Waals surface area (Å²) in [5.74, 6) is 0.735. The second kappa shape index (κ2) is 10.2. The molecule has 0 atom stereocenters. The van der Waals surface area contributed by atoms with E-state index in [9.17, 15) is 0 Å². The molecular weight excluding hydrogens is 304 g/mol. The predicted octanol–water partition coefficient (Wildman–Crippen LogP) is 5.26. The largest absolute Gasteiger partial charge is 0.381 e. The van der Waals surface area contributed by atoms with Crippen molar-refractivity contribution >= 4 is 11.8 Å². The van der Waals surface area contributed by atoms with Gasteiger partial charge in [0.15, 0.2) is 0 Å². The van der Waals surface area contributed by atoms with Gasteiger partial charge < -0.3 is 9.47 Å². The second-order valence-electron chi connectivity index (χ2n) is 6.48. The molecule has 2 heterocycles. The van der Waals surface area contributed by atoms with E-state index in [1.807, 2.05) is 11.8 Å². The summed E-state index contributed by atoms with van der Waals surface area (Å²) >= 11 is 2.00. The molecule has 0 spiro atoms. The van der Waals surface area contributed by atoms with Crippen LogP contribution in [-0.2, 0) is 9.47 Å². The highest BCUT2D eigenvalue weighted by molar-refractivity contribution is 8.00. The maximum absolute atomic E-state index is 5.35. The summed E-state index contributed by atoms with van der Waals surface area (Å²) in [4.78, 5) is 1.40. The molecule has 128 valence electrons. The molecule has 0 N–H and O–H groups in total. The van der Waals surface area contributed by atoms with Crippen LogP contribution >= 0.6 is 11.8 Å². The van der Waals surface area contributed by atoms with Crippen molar-refractivity contribution in [3.63, 3.8) is 0 Å². The summed E-state index contributed by atoms with van der Waals surface area (Å²) in [5.41, 5.74) is 2.67. The van der Waals surface area contributed by atoms with Gasteiger partial charge in [0, 0.05) is 36.6 Å². The third-order valence-corrected chi connectivity index (χ3v) is 5.71. The number of ether oxygens (including phenoxy) is 2. The Morgan fingerprint density at radius 2 is 1.65 bits per heavy atom. The number of rotatable bonds is 3. The lowest BCUT2D eigenvalue weighted by molar-refractivity contribution is 0.0759. The second-order valence-corrected chi connectivity index (χ2v) is 7.85. The van der Waals surface area contributed by atoms with Gasteiger partial charge in [0.05, 0.1) is 0 Å². The number of benzene rings is 1. The molecule has 3 rings (SSSR count). The molecule has 2 nitrogen and oxygen atoms in total. The van der Waals surface area contributed by atoms with Crippen LogP contribution in [-0.4, -0.2) is 31.7 Å². The van der Waals surface area contributed by atoms with E-state index in [0.29, 0.717) is 0 Å². The van der Waals surface area contributed by atoms with Gasteiger partial charge in [-0.25, -0.2) is 0 Å². The molecule has 0 radical (unpaired) electrons. The molecule has 1 aromatic rings. The van der Waals surface area contributed by atoms with Crippen LogP contribution in [0.25, 0.3) is 0 Å². The average Bonchev–Trinajstić information content (AvgIpc) is 2.57. The van der Waals surface area contributed by atoms with E-state index < -0.39 is 0 Å². The van der Waals surface area contributed by atoms with Crippen LogP contribution in [0, 0.1) is 12.8 Å². The SMILES string of the molecule is C=C(C)C1CCOCC1.Cc1cccc(SC2CCOCC2)c1. The first-order valence-electron chi connectivity index (χ1n) is 8.69. The minimum atomic E-state index is 0.735. The fourth-order valence-electron chi connectivity index (χ4n) is 2.87. The van der Waals surface area contributed by atoms with Gasteiger partial charge in [0.25, 0.3) is 0 Å². The van der Waals surface area contributed by atoms with Crippen LogP contribution in [0.3, 0.4) is 0 Å². The number of aryl methyl sites for hydroxylation is 1. The summed E-state index contributed by atoms with van der Waals surface area (Å²) in [6, 6.07) is 8.75. The summed E-state index contributed by atoms with van der Waals surface area (Å²) in [7, 11) is 0. The third-order valence-electron chi connectivity index (χ3n) is 4.38. The summed E-state index contributed by atoms with van der Waals surface area (Å²) in [5, 5.41) is 0.755. The van der Waals surface area contributed by atoms with Crippen LogP contribution in [0.2, 0.25) is 0 Å². The fraction of sp³-hybridized carbons (Fsp3) is 0.600. The molecule has 2 saturated heterocycles. The molecule has 0 unspecified atom stereocenters. The van der Waals surface area contributed by atoms with Crippen molar-refractivity contribution in [2.45, 2.75) is 49.7 Å². The molecule has 0 bridgehead atoms. The molecule has 0 aromatic heterocycles. The zero-order valence-corrected chi connectivity index (χ0v) is 15.4. The summed E-state index contributed by atoms with van der Waals surface area (Å²) < 4.78 is 10.6. The van der Waals surface area contributed by atoms with Crippen molar-refractivity contribution in [3.05, 3.63) is 42.0 Å². The molecule has 3 heteroatoms. The van der Waals surface area contributed by atoms with E-state index in [2.05, 4.69) is 44.7 Å². The Labute approximate surface area is 145 Å². The van der Waals surface area contributed by atoms with Crippen molar-refractivity contribution in [2.24, 2.45) is 5.92 Å². The molecule has 2 aliphatic rings. The Morgan fingerprint density at radius 1 is 1.04 bits per heavy atom. The number of hydrogen-bond acceptors (Lipinski definition) is 3. The van der Waals surface area contributed by atoms with Crippen LogP contribution in [0.1, 0.15) is 38.2 Å². The monoisotopic (exact) mass is 334 g/mol. The van der Waals surface area contributed by atoms with Gasteiger partial charge >= 0.3 is 0 Å². The Kier molecular flexibility index (Phi) is 8.21. The molecule has 2 aliphatic heterocycles. The quantitative estimate of drug-likeness (QED) is 0.703. The zero-order chi connectivity index (χ0) is 16.5. The number of allylic oxidation sites excluding steroid dienone is 1. The minimum Gasteiger partial charge on any atom is -0.381 e. The lowest BCUT2D eigenvalue weighted by Crippen LogP contribution is -2.17. The van der Waals surface area contributed by atoms with Gasteiger partial charge in [0.1, 0.15) is 0 Å². The van der Waals surface area contributed by atoms with Gasteiger partial charge in [-0.15, -0.1) is 11.8 Å². The minimum absolute atomic E-state index is 0.735. The van der Waals surface area contributed by atoms with E-state index in [1.165, 1.54) is 41.7 Å². The van der Waals surface area contributed by atoms with Crippen molar-refractivity contribution in [1.82, 2.24) is 0 Å². The first-order valence-corrected chi connectivity index (χ1v) is 9.57. The Balaban J connectivity index is 0.000000185. The van der Waals surface area contributed by atoms with Gasteiger partial charge in [-0.05, 0) is 57.6 Å². The first kappa shape index (κ1) is 18.6. The van der Waals surface area contributed by atoms with Gasteiger partial charge in [0.2, 0.25) is 0 Å². The normalized spacial score (nSPS) is 19.7. The van der Waals surface area contributed by atoms with E-state index in [4.69, 9.17) is 9.47 Å². The fourth-order valence-corrected chi connectivity index (χ4v) is 4.09. The van der Waals surface area contributed by atoms with Gasteiger partial charge in [-0.2, -0.15) is 0 Å². The van der Waals surface area contributed by atoms with E-state index >= 15 is 0 Å². The Bertz CT molecular complexity index is 474. The predicted molar refractivity (Wildman–Crippen MR) is 99.2 cm³/mol. The van der Waals surface area contributed by atoms with Crippen molar-refractivity contribution in [3.8, 4) is 0 Å². The smallest absolute Gasteiger partial charge is 0.0476 e. The number of thioether (sulfide) groups is 1. The van der Waals surface area contributed by atoms with E-state index in [-0.39, 0.29) is 0 Å². The first-order chi connectivity index (χ1) is 11.1. The molecule has 0 amide bonds. The van der Waals surface area contributed by atoms with Gasteiger partial charge in [-0.3, -0.25) is 0 Å². The molecule has 2 fully saturated rings. The molecule has 0 aliphatic carbocycles. The van der Waals surface area contributed by atoms with Crippen molar-refractivity contribution in [1.29, 1.82) is 0 Å². The van der Waals surface area contributed by atoms with E-state index in [0.717, 1.165) is 37.6 Å². The third kappa shape index (κ3) is 7.11. The highest BCUT2D eigenvalue weighted by Crippen LogP contribution is 2.29. The van der Waals surface area contributed by atoms with Crippen LogP contribution in [0.5, 0.6) is 0 Å². The topological polar surface area (TPSA) is 18.5 Å². The van der Waals surface area contributed by atoms with Crippen molar-refractivity contribution < 1.29 is 9.47 Å². The summed E-state index contributed by atoms with van der Waals surface area (Å²) in [6.45, 7) is 11.9. The molecule has 0 saturated carbocycles. The number of hydrogen-bond donors (Lipinski definition) is 0. The highest BCUT2D eigenvalue weighted by Gasteiger charge is 2.14. The Hall–Kier alpha value is -0.770. The van der Waals surface area contributed by atoms with Crippen LogP contribution < -0.4 is 0 Å². The zero-order valence-electron chi connectivity index (χ0n) is 14.6. The molecular formula is C20H30O2S. The van der Waals surface area contributed by atoms with Gasteiger partial charge in [-0.1, -0.05) is 29.8 Å². The maximum atomic E-state index is 5.35. The molecule has 1 aromatic carbocycles. The lowest BCUT2D eigenvalue weighted by atomic mass is 9.94. The standard InChI is InChI=1S/C12H16OS.C8H14O/c1-10-3-2-4-12(9-10)14-11-5-7-13-8-6-11;1-7(2)8-3-5-9-6-4-8/h2-4,9,11H,5-8H2,1H3;8H,1,3-6H2,2H3. The Morgan fingerprint density at radius 3 is 2.17 bits per heavy atom. The lowest BCUT2D eigenvalue weighted by Gasteiger charge is -2.21. The summed E-state index contributed by atoms with van der Waals surface area (Å²) in [6.07, 6.45) is 4.74. The average molecular weight is 335 g/mol. The highest BCUT2D eigenvalue weighted by atomic mass is 32.2. The van der Waals surface area contributed by atoms with Crippen molar-refractivity contribution in [2.75, 3.05) is 26.4 Å². The van der Waals surface area contributed by atoms with Crippen LogP contribution in [0.15, 0.2) is 41.3 Å². The maximum Gasteiger partial charge on any atom is 0.0476 e.